The number of hydrogen-bond acceptors (Lipinski definition) is 5. The summed E-state index contributed by atoms with van der Waals surface area (Å²) in [6.07, 6.45) is 5.29. The van der Waals surface area contributed by atoms with Crippen LogP contribution in [0.25, 0.3) is 16.9 Å². The monoisotopic (exact) mass is 383 g/mol. The van der Waals surface area contributed by atoms with Crippen molar-refractivity contribution in [2.24, 2.45) is 7.05 Å². The summed E-state index contributed by atoms with van der Waals surface area (Å²) in [7, 11) is 3.23. The lowest BCUT2D eigenvalue weighted by molar-refractivity contribution is 0.0948. The van der Waals surface area contributed by atoms with Crippen LogP contribution in [-0.4, -0.2) is 45.5 Å². The minimum atomic E-state index is -0.303. The number of rotatable bonds is 7. The van der Waals surface area contributed by atoms with Gasteiger partial charge in [-0.15, -0.1) is 0 Å². The van der Waals surface area contributed by atoms with Crippen LogP contribution in [0.15, 0.2) is 52.4 Å². The first-order valence-corrected chi connectivity index (χ1v) is 8.72. The quantitative estimate of drug-likeness (QED) is 0.583. The molecule has 2 N–H and O–H groups in total. The summed E-state index contributed by atoms with van der Waals surface area (Å²) in [5.41, 5.74) is 0.978. The van der Waals surface area contributed by atoms with Crippen LogP contribution in [0.2, 0.25) is 0 Å². The number of carbonyl (C=O) groups excluding carboxylic acids is 1. The second-order valence-electron chi connectivity index (χ2n) is 6.20. The van der Waals surface area contributed by atoms with E-state index in [0.717, 1.165) is 6.42 Å². The number of methoxy groups -OCH3 is 1. The van der Waals surface area contributed by atoms with E-state index in [1.807, 2.05) is 0 Å². The summed E-state index contributed by atoms with van der Waals surface area (Å²) >= 11 is 0. The van der Waals surface area contributed by atoms with Gasteiger partial charge in [0.05, 0.1) is 11.1 Å². The molecule has 28 heavy (non-hydrogen) atoms. The number of H-pyrrole nitrogens is 1. The zero-order chi connectivity index (χ0) is 20.1. The maximum atomic E-state index is 12.7. The van der Waals surface area contributed by atoms with Crippen molar-refractivity contribution in [3.63, 3.8) is 0 Å². The van der Waals surface area contributed by atoms with Gasteiger partial charge in [0.1, 0.15) is 0 Å². The Hall–Kier alpha value is -3.46. The predicted octanol–water partition coefficient (Wildman–Crippen LogP) is 0.693. The molecule has 0 atom stereocenters. The lowest BCUT2D eigenvalue weighted by atomic mass is 10.1. The molecule has 1 amide bonds. The second kappa shape index (κ2) is 8.49. The van der Waals surface area contributed by atoms with Gasteiger partial charge < -0.3 is 14.6 Å². The number of aromatic amines is 1. The average Bonchev–Trinajstić information content (AvgIpc) is 3.09. The highest BCUT2D eigenvalue weighted by Crippen LogP contribution is 2.13. The number of nitrogens with zero attached hydrogens (tertiary/aromatic N) is 3. The van der Waals surface area contributed by atoms with Crippen LogP contribution in [0.1, 0.15) is 16.8 Å². The molecule has 3 rings (SSSR count). The fourth-order valence-electron chi connectivity index (χ4n) is 2.67. The van der Waals surface area contributed by atoms with Crippen LogP contribution >= 0.6 is 0 Å². The van der Waals surface area contributed by atoms with E-state index in [4.69, 9.17) is 4.74 Å². The molecule has 0 aromatic carbocycles. The van der Waals surface area contributed by atoms with Crippen molar-refractivity contribution in [2.45, 2.75) is 6.42 Å². The summed E-state index contributed by atoms with van der Waals surface area (Å²) in [6.45, 7) is 1.08. The van der Waals surface area contributed by atoms with Crippen LogP contribution in [0.3, 0.4) is 0 Å². The highest BCUT2D eigenvalue weighted by Gasteiger charge is 2.12. The van der Waals surface area contributed by atoms with E-state index in [-0.39, 0.29) is 17.0 Å². The largest absolute Gasteiger partial charge is 0.385 e. The van der Waals surface area contributed by atoms with Gasteiger partial charge in [0.15, 0.2) is 5.82 Å². The van der Waals surface area contributed by atoms with Crippen LogP contribution in [0.4, 0.5) is 0 Å². The van der Waals surface area contributed by atoms with Crippen LogP contribution in [0.5, 0.6) is 0 Å². The third-order valence-electron chi connectivity index (χ3n) is 4.22. The van der Waals surface area contributed by atoms with Gasteiger partial charge in [0, 0.05) is 57.5 Å². The molecule has 0 aliphatic rings. The average molecular weight is 383 g/mol. The van der Waals surface area contributed by atoms with E-state index in [0.29, 0.717) is 35.7 Å². The molecule has 0 saturated heterocycles. The maximum absolute atomic E-state index is 12.7. The van der Waals surface area contributed by atoms with E-state index >= 15 is 0 Å². The Kier molecular flexibility index (Phi) is 5.85. The van der Waals surface area contributed by atoms with Gasteiger partial charge in [0.25, 0.3) is 11.5 Å². The third kappa shape index (κ3) is 4.09. The Morgan fingerprint density at radius 2 is 2.07 bits per heavy atom. The van der Waals surface area contributed by atoms with Crippen LogP contribution in [-0.2, 0) is 11.8 Å². The molecule has 9 heteroatoms. The Labute approximate surface area is 160 Å². The van der Waals surface area contributed by atoms with Gasteiger partial charge >= 0.3 is 0 Å². The molecule has 0 fully saturated rings. The van der Waals surface area contributed by atoms with Crippen molar-refractivity contribution in [2.75, 3.05) is 20.3 Å². The Balaban J connectivity index is 1.78. The predicted molar refractivity (Wildman–Crippen MR) is 104 cm³/mol. The van der Waals surface area contributed by atoms with E-state index in [1.165, 1.54) is 21.5 Å². The number of carbonyl (C=O) groups is 1. The van der Waals surface area contributed by atoms with Gasteiger partial charge in [-0.2, -0.15) is 0 Å². The summed E-state index contributed by atoms with van der Waals surface area (Å²) in [4.78, 5) is 40.5. The first-order chi connectivity index (χ1) is 13.5. The molecule has 146 valence electrons. The van der Waals surface area contributed by atoms with Gasteiger partial charge in [-0.25, -0.2) is 9.67 Å². The lowest BCUT2D eigenvalue weighted by Crippen LogP contribution is -2.25. The molecule has 3 aromatic heterocycles. The smallest absolute Gasteiger partial charge is 0.280 e. The number of nitrogens with one attached hydrogen (secondary N) is 2. The molecule has 0 bridgehead atoms. The summed E-state index contributed by atoms with van der Waals surface area (Å²) in [6, 6.07) is 6.20. The Morgan fingerprint density at radius 3 is 2.75 bits per heavy atom. The molecular weight excluding hydrogens is 362 g/mol. The lowest BCUT2D eigenvalue weighted by Gasteiger charge is -2.06. The second-order valence-corrected chi connectivity index (χ2v) is 6.20. The molecule has 3 aromatic rings. The van der Waals surface area contributed by atoms with E-state index in [2.05, 4.69) is 15.4 Å². The normalized spacial score (nSPS) is 10.8. The molecule has 0 saturated carbocycles. The van der Waals surface area contributed by atoms with E-state index in [1.54, 1.807) is 44.8 Å². The maximum Gasteiger partial charge on any atom is 0.280 e. The standard InChI is InChI=1S/C19H21N5O4/c1-23-12-14(5-7-17(23)25)15-11-22-24(19(15)27)16-6-4-13(10-21-16)18(26)20-8-3-9-28-2/h4-7,10-12,22H,3,8-9H2,1-2H3,(H,20,26). The van der Waals surface area contributed by atoms with Crippen LogP contribution < -0.4 is 16.4 Å². The number of amides is 1. The molecular formula is C19H21N5O4. The van der Waals surface area contributed by atoms with Gasteiger partial charge in [-0.1, -0.05) is 0 Å². The van der Waals surface area contributed by atoms with E-state index in [9.17, 15) is 14.4 Å². The Bertz CT molecular complexity index is 1080. The molecule has 3 heterocycles. The molecule has 0 spiro atoms. The first kappa shape index (κ1) is 19.3. The SMILES string of the molecule is COCCCNC(=O)c1ccc(-n2[nH]cc(-c3ccc(=O)n(C)c3)c2=O)nc1. The summed E-state index contributed by atoms with van der Waals surface area (Å²) < 4.78 is 7.62. The van der Waals surface area contributed by atoms with Crippen molar-refractivity contribution in [1.82, 2.24) is 24.6 Å². The van der Waals surface area contributed by atoms with Gasteiger partial charge in [-0.3, -0.25) is 19.5 Å². The third-order valence-corrected chi connectivity index (χ3v) is 4.22. The molecule has 9 nitrogen and oxygen atoms in total. The van der Waals surface area contributed by atoms with Crippen molar-refractivity contribution >= 4 is 5.91 Å². The van der Waals surface area contributed by atoms with Gasteiger partial charge in [0.2, 0.25) is 5.56 Å². The van der Waals surface area contributed by atoms with Crippen molar-refractivity contribution in [1.29, 1.82) is 0 Å². The number of hydrogen-bond donors (Lipinski definition) is 2. The van der Waals surface area contributed by atoms with Crippen LogP contribution in [0, 0.1) is 0 Å². The molecule has 0 radical (unpaired) electrons. The molecule has 0 unspecified atom stereocenters. The first-order valence-electron chi connectivity index (χ1n) is 8.72. The van der Waals surface area contributed by atoms with Gasteiger partial charge in [-0.05, 0) is 24.6 Å². The fourth-order valence-corrected chi connectivity index (χ4v) is 2.67. The van der Waals surface area contributed by atoms with Crippen molar-refractivity contribution in [3.05, 3.63) is 69.1 Å². The van der Waals surface area contributed by atoms with Crippen molar-refractivity contribution in [3.8, 4) is 16.9 Å². The van der Waals surface area contributed by atoms with Crippen molar-refractivity contribution < 1.29 is 9.53 Å². The molecule has 0 aliphatic heterocycles. The highest BCUT2D eigenvalue weighted by molar-refractivity contribution is 5.93. The number of pyridine rings is 2. The summed E-state index contributed by atoms with van der Waals surface area (Å²) in [5, 5.41) is 5.64. The topological polar surface area (TPSA) is 111 Å². The number of aryl methyl sites for hydroxylation is 1. The number of aromatic nitrogens is 4. The fraction of sp³-hybridized carbons (Fsp3) is 0.263. The summed E-state index contributed by atoms with van der Waals surface area (Å²) in [5.74, 6) is 0.122. The zero-order valence-corrected chi connectivity index (χ0v) is 15.6. The van der Waals surface area contributed by atoms with E-state index < -0.39 is 0 Å². The molecule has 0 aliphatic carbocycles. The minimum absolute atomic E-state index is 0.155. The minimum Gasteiger partial charge on any atom is -0.385 e. The zero-order valence-electron chi connectivity index (χ0n) is 15.6. The number of ether oxygens (including phenoxy) is 1. The highest BCUT2D eigenvalue weighted by atomic mass is 16.5. The Morgan fingerprint density at radius 1 is 1.25 bits per heavy atom.